The van der Waals surface area contributed by atoms with E-state index in [0.29, 0.717) is 0 Å². The number of aryl methyl sites for hydroxylation is 1. The first kappa shape index (κ1) is 15.0. The number of hydrogen-bond donors (Lipinski definition) is 1. The van der Waals surface area contributed by atoms with Gasteiger partial charge in [-0.3, -0.25) is 4.98 Å². The van der Waals surface area contributed by atoms with Gasteiger partial charge in [0.15, 0.2) is 0 Å². The maximum Gasteiger partial charge on any atom is 0.120 e. The minimum absolute atomic E-state index is 0.847. The van der Waals surface area contributed by atoms with Crippen molar-refractivity contribution >= 4 is 32.6 Å². The van der Waals surface area contributed by atoms with Gasteiger partial charge in [-0.2, -0.15) is 0 Å². The van der Waals surface area contributed by atoms with E-state index >= 15 is 0 Å². The molecular weight excluding hydrogens is 320 g/mol. The van der Waals surface area contributed by atoms with E-state index in [1.165, 1.54) is 32.7 Å². The summed E-state index contributed by atoms with van der Waals surface area (Å²) >= 11 is 0. The number of pyridine rings is 1. The number of aromatic nitrogens is 2. The third-order valence-electron chi connectivity index (χ3n) is 5.10. The molecule has 5 rings (SSSR count). The number of benzene rings is 3. The summed E-state index contributed by atoms with van der Waals surface area (Å²) in [7, 11) is 1.69. The summed E-state index contributed by atoms with van der Waals surface area (Å²) in [6.45, 7) is 2.15. The van der Waals surface area contributed by atoms with Crippen LogP contribution >= 0.6 is 0 Å². The molecule has 0 unspecified atom stereocenters. The molecule has 0 radical (unpaired) electrons. The van der Waals surface area contributed by atoms with E-state index in [1.54, 1.807) is 7.11 Å². The number of nitrogens with one attached hydrogen (secondary N) is 1. The number of H-pyrrole nitrogens is 1. The Labute approximate surface area is 151 Å². The number of hydrogen-bond acceptors (Lipinski definition) is 2. The van der Waals surface area contributed by atoms with Gasteiger partial charge in [-0.1, -0.05) is 36.4 Å². The highest BCUT2D eigenvalue weighted by molar-refractivity contribution is 6.13. The summed E-state index contributed by atoms with van der Waals surface area (Å²) in [4.78, 5) is 8.33. The van der Waals surface area contributed by atoms with Crippen LogP contribution in [-0.2, 0) is 0 Å². The topological polar surface area (TPSA) is 37.9 Å². The molecule has 0 atom stereocenters. The fraction of sp³-hybridized carbons (Fsp3) is 0.0870. The summed E-state index contributed by atoms with van der Waals surface area (Å²) in [5.74, 6) is 0.847. The second-order valence-electron chi connectivity index (χ2n) is 6.60. The second-order valence-corrected chi connectivity index (χ2v) is 6.60. The van der Waals surface area contributed by atoms with Crippen molar-refractivity contribution in [1.82, 2.24) is 9.97 Å². The van der Waals surface area contributed by atoms with Crippen molar-refractivity contribution in [1.29, 1.82) is 0 Å². The van der Waals surface area contributed by atoms with Gasteiger partial charge >= 0.3 is 0 Å². The average Bonchev–Trinajstić information content (AvgIpc) is 3.06. The summed E-state index contributed by atoms with van der Waals surface area (Å²) in [6.07, 6.45) is 1.90. The molecule has 0 fully saturated rings. The molecule has 0 saturated heterocycles. The van der Waals surface area contributed by atoms with Gasteiger partial charge in [0.1, 0.15) is 5.75 Å². The Hall–Kier alpha value is -3.33. The normalized spacial score (nSPS) is 11.5. The summed E-state index contributed by atoms with van der Waals surface area (Å²) in [5, 5.41) is 4.82. The molecule has 0 bridgehead atoms. The average molecular weight is 338 g/mol. The van der Waals surface area contributed by atoms with Crippen molar-refractivity contribution in [2.75, 3.05) is 7.11 Å². The van der Waals surface area contributed by atoms with Crippen LogP contribution in [0.3, 0.4) is 0 Å². The Bertz CT molecular complexity index is 1280. The highest BCUT2D eigenvalue weighted by atomic mass is 16.5. The van der Waals surface area contributed by atoms with Crippen LogP contribution in [0.4, 0.5) is 0 Å². The Morgan fingerprint density at radius 1 is 0.885 bits per heavy atom. The van der Waals surface area contributed by atoms with Crippen LogP contribution in [-0.4, -0.2) is 17.1 Å². The van der Waals surface area contributed by atoms with Crippen LogP contribution in [0.1, 0.15) is 5.56 Å². The van der Waals surface area contributed by atoms with E-state index in [4.69, 9.17) is 9.72 Å². The standard InChI is InChI=1S/C23H18N2O/c1-14-7-8-15-5-3-4-6-17(15)21(14)23-22-19(11-12-24-23)18-10-9-16(26-2)13-20(18)25-22/h3-13,25H,1-2H3. The molecule has 5 aromatic rings. The molecule has 0 spiro atoms. The number of nitrogens with zero attached hydrogens (tertiary/aromatic N) is 1. The monoisotopic (exact) mass is 338 g/mol. The van der Waals surface area contributed by atoms with Gasteiger partial charge in [-0.05, 0) is 41.5 Å². The van der Waals surface area contributed by atoms with Crippen LogP contribution in [0.5, 0.6) is 5.75 Å². The molecule has 2 heterocycles. The van der Waals surface area contributed by atoms with Gasteiger partial charge < -0.3 is 9.72 Å². The van der Waals surface area contributed by atoms with Crippen LogP contribution in [0.15, 0.2) is 66.9 Å². The summed E-state index contributed by atoms with van der Waals surface area (Å²) in [6, 6.07) is 21.0. The van der Waals surface area contributed by atoms with Crippen molar-refractivity contribution in [3.63, 3.8) is 0 Å². The lowest BCUT2D eigenvalue weighted by Gasteiger charge is -2.11. The number of methoxy groups -OCH3 is 1. The Morgan fingerprint density at radius 3 is 2.65 bits per heavy atom. The van der Waals surface area contributed by atoms with Crippen LogP contribution in [0, 0.1) is 6.92 Å². The molecule has 3 nitrogen and oxygen atoms in total. The van der Waals surface area contributed by atoms with Crippen molar-refractivity contribution < 1.29 is 4.74 Å². The van der Waals surface area contributed by atoms with Crippen LogP contribution in [0.25, 0.3) is 43.8 Å². The third kappa shape index (κ3) is 2.10. The first-order chi connectivity index (χ1) is 12.8. The van der Waals surface area contributed by atoms with E-state index in [1.807, 2.05) is 18.3 Å². The van der Waals surface area contributed by atoms with Gasteiger partial charge in [0.2, 0.25) is 0 Å². The Balaban J connectivity index is 1.90. The molecule has 0 amide bonds. The smallest absolute Gasteiger partial charge is 0.120 e. The van der Waals surface area contributed by atoms with Crippen molar-refractivity contribution in [2.24, 2.45) is 0 Å². The van der Waals surface area contributed by atoms with Gasteiger partial charge in [0.25, 0.3) is 0 Å². The van der Waals surface area contributed by atoms with Crippen LogP contribution < -0.4 is 4.74 Å². The van der Waals surface area contributed by atoms with E-state index in [0.717, 1.165) is 22.5 Å². The Morgan fingerprint density at radius 2 is 1.77 bits per heavy atom. The molecule has 126 valence electrons. The minimum Gasteiger partial charge on any atom is -0.497 e. The zero-order chi connectivity index (χ0) is 17.7. The highest BCUT2D eigenvalue weighted by Crippen LogP contribution is 2.37. The van der Waals surface area contributed by atoms with Crippen molar-refractivity contribution in [3.8, 4) is 17.0 Å². The molecule has 2 aromatic heterocycles. The number of aromatic amines is 1. The van der Waals surface area contributed by atoms with Gasteiger partial charge in [0, 0.05) is 28.6 Å². The predicted molar refractivity (Wildman–Crippen MR) is 108 cm³/mol. The molecule has 0 aliphatic rings. The first-order valence-corrected chi connectivity index (χ1v) is 8.69. The highest BCUT2D eigenvalue weighted by Gasteiger charge is 2.15. The lowest BCUT2D eigenvalue weighted by molar-refractivity contribution is 0.415. The second kappa shape index (κ2) is 5.60. The van der Waals surface area contributed by atoms with E-state index in [9.17, 15) is 0 Å². The zero-order valence-electron chi connectivity index (χ0n) is 14.7. The van der Waals surface area contributed by atoms with E-state index in [-0.39, 0.29) is 0 Å². The molecule has 0 aliphatic carbocycles. The zero-order valence-corrected chi connectivity index (χ0v) is 14.7. The minimum atomic E-state index is 0.847. The molecule has 3 heteroatoms. The molecular formula is C23H18N2O. The van der Waals surface area contributed by atoms with Crippen molar-refractivity contribution in [2.45, 2.75) is 6.92 Å². The van der Waals surface area contributed by atoms with Crippen LogP contribution in [0.2, 0.25) is 0 Å². The quantitative estimate of drug-likeness (QED) is 0.438. The molecule has 3 aromatic carbocycles. The van der Waals surface area contributed by atoms with Gasteiger partial charge in [0.05, 0.1) is 23.8 Å². The molecule has 0 saturated carbocycles. The fourth-order valence-corrected chi connectivity index (χ4v) is 3.82. The number of rotatable bonds is 2. The fourth-order valence-electron chi connectivity index (χ4n) is 3.82. The third-order valence-corrected chi connectivity index (χ3v) is 5.10. The van der Waals surface area contributed by atoms with Gasteiger partial charge in [-0.25, -0.2) is 0 Å². The maximum absolute atomic E-state index is 5.37. The molecule has 26 heavy (non-hydrogen) atoms. The molecule has 0 aliphatic heterocycles. The van der Waals surface area contributed by atoms with E-state index < -0.39 is 0 Å². The largest absolute Gasteiger partial charge is 0.497 e. The lowest BCUT2D eigenvalue weighted by Crippen LogP contribution is -1.90. The first-order valence-electron chi connectivity index (χ1n) is 8.69. The van der Waals surface area contributed by atoms with E-state index in [2.05, 4.69) is 60.4 Å². The SMILES string of the molecule is COc1ccc2c(c1)[nH]c1c(-c3c(C)ccc4ccccc34)nccc12. The van der Waals surface area contributed by atoms with Crippen molar-refractivity contribution in [3.05, 3.63) is 72.4 Å². The lowest BCUT2D eigenvalue weighted by atomic mass is 9.96. The number of fused-ring (bicyclic) bond motifs is 4. The predicted octanol–water partition coefficient (Wildman–Crippen LogP) is 5.85. The summed E-state index contributed by atoms with van der Waals surface area (Å²) in [5.41, 5.74) is 5.53. The molecule has 1 N–H and O–H groups in total. The Kier molecular flexibility index (Phi) is 3.22. The van der Waals surface area contributed by atoms with Gasteiger partial charge in [-0.15, -0.1) is 0 Å². The maximum atomic E-state index is 5.37. The summed E-state index contributed by atoms with van der Waals surface area (Å²) < 4.78 is 5.37. The number of ether oxygens (including phenoxy) is 1.